The lowest BCUT2D eigenvalue weighted by Gasteiger charge is -2.10. The third-order valence-electron chi connectivity index (χ3n) is 2.75. The van der Waals surface area contributed by atoms with Crippen LogP contribution in [0.2, 0.25) is 10.0 Å². The number of Topliss-reactive ketones (excluding diaryl/α,β-unsaturated/α-hetero) is 1. The van der Waals surface area contributed by atoms with Gasteiger partial charge in [-0.05, 0) is 31.2 Å². The van der Waals surface area contributed by atoms with Crippen LogP contribution in [0.1, 0.15) is 17.3 Å². The standard InChI is InChI=1S/C14H11Cl2NO3S/c1-9(18)10-4-2-5-11(8-10)21(19,20)17-13-7-3-6-12(15)14(13)16/h2-8,17H,1H3. The molecule has 0 heterocycles. The fourth-order valence-corrected chi connectivity index (χ4v) is 3.19. The highest BCUT2D eigenvalue weighted by Crippen LogP contribution is 2.31. The number of rotatable bonds is 4. The molecule has 21 heavy (non-hydrogen) atoms. The largest absolute Gasteiger partial charge is 0.295 e. The minimum atomic E-state index is -3.85. The molecule has 0 fully saturated rings. The maximum atomic E-state index is 12.3. The van der Waals surface area contributed by atoms with Crippen molar-refractivity contribution in [2.45, 2.75) is 11.8 Å². The molecule has 0 aliphatic carbocycles. The van der Waals surface area contributed by atoms with E-state index in [-0.39, 0.29) is 26.4 Å². The van der Waals surface area contributed by atoms with Crippen LogP contribution in [0.3, 0.4) is 0 Å². The molecule has 0 atom stereocenters. The van der Waals surface area contributed by atoms with Crippen molar-refractivity contribution in [1.29, 1.82) is 0 Å². The summed E-state index contributed by atoms with van der Waals surface area (Å²) < 4.78 is 27.0. The first-order valence-corrected chi connectivity index (χ1v) is 8.13. The first-order valence-electron chi connectivity index (χ1n) is 5.89. The number of ketones is 1. The highest BCUT2D eigenvalue weighted by molar-refractivity contribution is 7.92. The Kier molecular flexibility index (Phi) is 4.56. The van der Waals surface area contributed by atoms with Crippen LogP contribution in [0.25, 0.3) is 0 Å². The fourth-order valence-electron chi connectivity index (χ4n) is 1.67. The van der Waals surface area contributed by atoms with E-state index in [2.05, 4.69) is 4.72 Å². The second-order valence-electron chi connectivity index (χ2n) is 4.29. The Bertz CT molecular complexity index is 804. The van der Waals surface area contributed by atoms with Gasteiger partial charge in [-0.25, -0.2) is 8.42 Å². The molecular formula is C14H11Cl2NO3S. The summed E-state index contributed by atoms with van der Waals surface area (Å²) >= 11 is 11.8. The molecule has 0 radical (unpaired) electrons. The molecule has 0 amide bonds. The minimum absolute atomic E-state index is 0.0220. The van der Waals surface area contributed by atoms with E-state index in [0.717, 1.165) is 0 Å². The van der Waals surface area contributed by atoms with Crippen LogP contribution in [0.5, 0.6) is 0 Å². The van der Waals surface area contributed by atoms with Crippen LogP contribution in [0.15, 0.2) is 47.4 Å². The van der Waals surface area contributed by atoms with Gasteiger partial charge in [-0.1, -0.05) is 41.4 Å². The van der Waals surface area contributed by atoms with Gasteiger partial charge in [-0.15, -0.1) is 0 Å². The molecule has 7 heteroatoms. The molecule has 0 aliphatic rings. The Hall–Kier alpha value is -1.56. The molecule has 2 aromatic carbocycles. The Morgan fingerprint density at radius 1 is 1.10 bits per heavy atom. The van der Waals surface area contributed by atoms with E-state index in [9.17, 15) is 13.2 Å². The molecule has 2 rings (SSSR count). The van der Waals surface area contributed by atoms with Gasteiger partial charge in [0.25, 0.3) is 10.0 Å². The van der Waals surface area contributed by atoms with E-state index in [0.29, 0.717) is 5.56 Å². The molecule has 0 saturated heterocycles. The number of benzene rings is 2. The summed E-state index contributed by atoms with van der Waals surface area (Å²) in [5.74, 6) is -0.215. The second kappa shape index (κ2) is 6.05. The van der Waals surface area contributed by atoms with Crippen LogP contribution in [-0.4, -0.2) is 14.2 Å². The maximum absolute atomic E-state index is 12.3. The smallest absolute Gasteiger partial charge is 0.261 e. The third-order valence-corrected chi connectivity index (χ3v) is 4.93. The van der Waals surface area contributed by atoms with Crippen LogP contribution in [0, 0.1) is 0 Å². The number of hydrogen-bond acceptors (Lipinski definition) is 3. The Labute approximate surface area is 132 Å². The van der Waals surface area contributed by atoms with E-state index in [1.165, 1.54) is 31.2 Å². The van der Waals surface area contributed by atoms with Gasteiger partial charge in [0.1, 0.15) is 0 Å². The second-order valence-corrected chi connectivity index (χ2v) is 6.76. The highest BCUT2D eigenvalue weighted by Gasteiger charge is 2.17. The van der Waals surface area contributed by atoms with Crippen LogP contribution >= 0.6 is 23.2 Å². The summed E-state index contributed by atoms with van der Waals surface area (Å²) in [7, 11) is -3.85. The fraction of sp³-hybridized carbons (Fsp3) is 0.0714. The van der Waals surface area contributed by atoms with Crippen molar-refractivity contribution in [3.8, 4) is 0 Å². The van der Waals surface area contributed by atoms with Crippen molar-refractivity contribution in [2.75, 3.05) is 4.72 Å². The van der Waals surface area contributed by atoms with E-state index in [1.54, 1.807) is 18.2 Å². The molecule has 0 bridgehead atoms. The summed E-state index contributed by atoms with van der Waals surface area (Å²) in [6.45, 7) is 1.37. The van der Waals surface area contributed by atoms with Gasteiger partial charge < -0.3 is 0 Å². The molecule has 0 spiro atoms. The molecule has 1 N–H and O–H groups in total. The lowest BCUT2D eigenvalue weighted by atomic mass is 10.2. The quantitative estimate of drug-likeness (QED) is 0.853. The maximum Gasteiger partial charge on any atom is 0.261 e. The summed E-state index contributed by atoms with van der Waals surface area (Å²) in [6, 6.07) is 10.4. The summed E-state index contributed by atoms with van der Waals surface area (Å²) in [4.78, 5) is 11.3. The van der Waals surface area contributed by atoms with Crippen molar-refractivity contribution in [2.24, 2.45) is 0 Å². The van der Waals surface area contributed by atoms with Crippen LogP contribution in [0.4, 0.5) is 5.69 Å². The lowest BCUT2D eigenvalue weighted by Crippen LogP contribution is -2.13. The number of sulfonamides is 1. The first kappa shape index (κ1) is 15.8. The van der Waals surface area contributed by atoms with Gasteiger partial charge in [-0.3, -0.25) is 9.52 Å². The van der Waals surface area contributed by atoms with Crippen molar-refractivity contribution in [3.63, 3.8) is 0 Å². The molecule has 0 aromatic heterocycles. The van der Waals surface area contributed by atoms with E-state index in [4.69, 9.17) is 23.2 Å². The molecule has 110 valence electrons. The topological polar surface area (TPSA) is 63.2 Å². The van der Waals surface area contributed by atoms with E-state index >= 15 is 0 Å². The SMILES string of the molecule is CC(=O)c1cccc(S(=O)(=O)Nc2cccc(Cl)c2Cl)c1. The average molecular weight is 344 g/mol. The summed E-state index contributed by atoms with van der Waals surface area (Å²) in [5, 5.41) is 0.361. The Morgan fingerprint density at radius 3 is 2.43 bits per heavy atom. The normalized spacial score (nSPS) is 11.2. The number of nitrogens with one attached hydrogen (secondary N) is 1. The monoisotopic (exact) mass is 343 g/mol. The van der Waals surface area contributed by atoms with Gasteiger partial charge in [0.05, 0.1) is 20.6 Å². The molecule has 2 aromatic rings. The third kappa shape index (κ3) is 3.56. The van der Waals surface area contributed by atoms with Crippen molar-refractivity contribution < 1.29 is 13.2 Å². The molecular weight excluding hydrogens is 333 g/mol. The summed E-state index contributed by atoms with van der Waals surface area (Å²) in [5.41, 5.74) is 0.493. The number of hydrogen-bond donors (Lipinski definition) is 1. The lowest BCUT2D eigenvalue weighted by molar-refractivity contribution is 0.101. The highest BCUT2D eigenvalue weighted by atomic mass is 35.5. The van der Waals surface area contributed by atoms with E-state index < -0.39 is 10.0 Å². The van der Waals surface area contributed by atoms with Gasteiger partial charge in [0.15, 0.2) is 5.78 Å². The van der Waals surface area contributed by atoms with Crippen LogP contribution in [-0.2, 0) is 10.0 Å². The van der Waals surface area contributed by atoms with Gasteiger partial charge in [-0.2, -0.15) is 0 Å². The van der Waals surface area contributed by atoms with Crippen molar-refractivity contribution >= 4 is 44.7 Å². The molecule has 4 nitrogen and oxygen atoms in total. The first-order chi connectivity index (χ1) is 9.81. The number of anilines is 1. The van der Waals surface area contributed by atoms with Crippen LogP contribution < -0.4 is 4.72 Å². The van der Waals surface area contributed by atoms with Gasteiger partial charge in [0, 0.05) is 5.56 Å². The summed E-state index contributed by atoms with van der Waals surface area (Å²) in [6.07, 6.45) is 0. The molecule has 0 saturated carbocycles. The average Bonchev–Trinajstić information content (AvgIpc) is 2.44. The zero-order chi connectivity index (χ0) is 15.6. The van der Waals surface area contributed by atoms with Gasteiger partial charge in [0.2, 0.25) is 0 Å². The van der Waals surface area contributed by atoms with Crippen molar-refractivity contribution in [1.82, 2.24) is 0 Å². The Morgan fingerprint density at radius 2 is 1.76 bits per heavy atom. The van der Waals surface area contributed by atoms with Gasteiger partial charge >= 0.3 is 0 Å². The van der Waals surface area contributed by atoms with Crippen molar-refractivity contribution in [3.05, 3.63) is 58.1 Å². The molecule has 0 aliphatic heterocycles. The number of halogens is 2. The minimum Gasteiger partial charge on any atom is -0.295 e. The predicted molar refractivity (Wildman–Crippen MR) is 83.7 cm³/mol. The molecule has 0 unspecified atom stereocenters. The number of carbonyl (C=O) groups excluding carboxylic acids is 1. The zero-order valence-corrected chi connectivity index (χ0v) is 13.3. The Balaban J connectivity index is 2.41. The number of carbonyl (C=O) groups is 1. The zero-order valence-electron chi connectivity index (χ0n) is 10.9. The predicted octanol–water partition coefficient (Wildman–Crippen LogP) is 4.00. The van der Waals surface area contributed by atoms with E-state index in [1.807, 2.05) is 0 Å².